The first-order valence-corrected chi connectivity index (χ1v) is 6.17. The molecule has 19 heavy (non-hydrogen) atoms. The molecule has 4 heteroatoms. The molecule has 0 fully saturated rings. The van der Waals surface area contributed by atoms with Crippen LogP contribution in [0.5, 0.6) is 5.75 Å². The topological polar surface area (TPSA) is 42.4 Å². The molecule has 0 spiro atoms. The number of pyridine rings is 1. The second-order valence-corrected chi connectivity index (χ2v) is 4.86. The van der Waals surface area contributed by atoms with Crippen LogP contribution in [0.25, 0.3) is 0 Å². The highest BCUT2D eigenvalue weighted by Crippen LogP contribution is 2.39. The van der Waals surface area contributed by atoms with E-state index in [9.17, 15) is 9.50 Å². The lowest BCUT2D eigenvalue weighted by atomic mass is 9.87. The van der Waals surface area contributed by atoms with Crippen LogP contribution in [0.1, 0.15) is 23.6 Å². The molecule has 1 aliphatic rings. The Morgan fingerprint density at radius 3 is 3.00 bits per heavy atom. The highest BCUT2D eigenvalue weighted by Gasteiger charge is 2.32. The van der Waals surface area contributed by atoms with Crippen LogP contribution in [0.15, 0.2) is 36.7 Å². The molecule has 0 saturated carbocycles. The van der Waals surface area contributed by atoms with Crippen molar-refractivity contribution in [1.82, 2.24) is 4.98 Å². The van der Waals surface area contributed by atoms with Crippen molar-refractivity contribution in [2.24, 2.45) is 0 Å². The minimum Gasteiger partial charge on any atom is -0.493 e. The quantitative estimate of drug-likeness (QED) is 0.900. The van der Waals surface area contributed by atoms with Crippen molar-refractivity contribution in [3.05, 3.63) is 59.2 Å². The van der Waals surface area contributed by atoms with Gasteiger partial charge in [-0.3, -0.25) is 4.98 Å². The normalized spacial score (nSPS) is 16.6. The van der Waals surface area contributed by atoms with Gasteiger partial charge in [-0.05, 0) is 18.6 Å². The van der Waals surface area contributed by atoms with Gasteiger partial charge >= 0.3 is 0 Å². The van der Waals surface area contributed by atoms with Gasteiger partial charge in [-0.1, -0.05) is 18.2 Å². The highest BCUT2D eigenvalue weighted by atomic mass is 19.1. The minimum absolute atomic E-state index is 0.413. The van der Waals surface area contributed by atoms with Crippen molar-refractivity contribution in [2.45, 2.75) is 18.9 Å². The molecule has 2 aromatic rings. The van der Waals surface area contributed by atoms with E-state index in [0.29, 0.717) is 23.5 Å². The summed E-state index contributed by atoms with van der Waals surface area (Å²) in [5, 5.41) is 10.8. The number of rotatable bonds is 2. The average molecular weight is 259 g/mol. The van der Waals surface area contributed by atoms with Crippen LogP contribution in [0.3, 0.4) is 0 Å². The van der Waals surface area contributed by atoms with Crippen molar-refractivity contribution in [3.8, 4) is 5.75 Å². The number of benzene rings is 1. The Morgan fingerprint density at radius 1 is 1.37 bits per heavy atom. The monoisotopic (exact) mass is 259 g/mol. The van der Waals surface area contributed by atoms with E-state index in [1.165, 1.54) is 12.3 Å². The van der Waals surface area contributed by atoms with Gasteiger partial charge in [0.25, 0.3) is 0 Å². The summed E-state index contributed by atoms with van der Waals surface area (Å²) in [6.07, 6.45) is 3.42. The third-order valence-electron chi connectivity index (χ3n) is 3.51. The Bertz CT molecular complexity index is 625. The van der Waals surface area contributed by atoms with Crippen LogP contribution in [0.2, 0.25) is 0 Å². The molecule has 3 rings (SSSR count). The summed E-state index contributed by atoms with van der Waals surface area (Å²) < 4.78 is 18.9. The first-order chi connectivity index (χ1) is 9.09. The molecule has 0 aliphatic carbocycles. The maximum absolute atomic E-state index is 13.3. The summed E-state index contributed by atoms with van der Waals surface area (Å²) in [6, 6.07) is 6.95. The van der Waals surface area contributed by atoms with Crippen molar-refractivity contribution < 1.29 is 14.2 Å². The van der Waals surface area contributed by atoms with Crippen LogP contribution in [-0.2, 0) is 12.0 Å². The Hall–Kier alpha value is -1.94. The second-order valence-electron chi connectivity index (χ2n) is 4.86. The summed E-state index contributed by atoms with van der Waals surface area (Å²) in [4.78, 5) is 3.79. The maximum atomic E-state index is 13.3. The zero-order valence-corrected chi connectivity index (χ0v) is 10.6. The van der Waals surface area contributed by atoms with Gasteiger partial charge in [0.15, 0.2) is 0 Å². The lowest BCUT2D eigenvalue weighted by Crippen LogP contribution is -2.24. The molecule has 1 aromatic heterocycles. The van der Waals surface area contributed by atoms with Gasteiger partial charge in [-0.25, -0.2) is 4.39 Å². The van der Waals surface area contributed by atoms with E-state index >= 15 is 0 Å². The molecule has 0 bridgehead atoms. The zero-order chi connectivity index (χ0) is 13.5. The van der Waals surface area contributed by atoms with Gasteiger partial charge < -0.3 is 9.84 Å². The van der Waals surface area contributed by atoms with E-state index in [0.717, 1.165) is 18.2 Å². The van der Waals surface area contributed by atoms with Gasteiger partial charge in [0, 0.05) is 23.7 Å². The van der Waals surface area contributed by atoms with E-state index in [2.05, 4.69) is 4.98 Å². The van der Waals surface area contributed by atoms with E-state index < -0.39 is 11.4 Å². The van der Waals surface area contributed by atoms with E-state index in [-0.39, 0.29) is 0 Å². The Balaban J connectivity index is 2.13. The highest BCUT2D eigenvalue weighted by molar-refractivity contribution is 5.50. The van der Waals surface area contributed by atoms with Crippen LogP contribution < -0.4 is 4.74 Å². The molecule has 98 valence electrons. The molecular weight excluding hydrogens is 245 g/mol. The predicted octanol–water partition coefficient (Wildman–Crippen LogP) is 2.41. The van der Waals surface area contributed by atoms with Crippen LogP contribution >= 0.6 is 0 Å². The zero-order valence-electron chi connectivity index (χ0n) is 10.6. The molecule has 0 radical (unpaired) electrons. The number of aliphatic hydroxyl groups is 1. The van der Waals surface area contributed by atoms with Crippen LogP contribution in [0.4, 0.5) is 4.39 Å². The summed E-state index contributed by atoms with van der Waals surface area (Å²) >= 11 is 0. The standard InChI is InChI=1S/C15H14FNO2/c1-15(18,11-7-12(16)9-17-8-11)13-4-2-3-10-5-6-19-14(10)13/h2-4,7-9,18H,5-6H2,1H3. The first-order valence-electron chi connectivity index (χ1n) is 6.17. The Labute approximate surface area is 110 Å². The number of halogens is 1. The van der Waals surface area contributed by atoms with Crippen molar-refractivity contribution in [3.63, 3.8) is 0 Å². The number of fused-ring (bicyclic) bond motifs is 1. The fourth-order valence-electron chi connectivity index (χ4n) is 2.43. The number of nitrogens with zero attached hydrogens (tertiary/aromatic N) is 1. The maximum Gasteiger partial charge on any atom is 0.141 e. The number of hydrogen-bond acceptors (Lipinski definition) is 3. The molecule has 1 atom stereocenters. The van der Waals surface area contributed by atoms with Gasteiger partial charge in [0.05, 0.1) is 12.8 Å². The van der Waals surface area contributed by atoms with Gasteiger partial charge in [0.2, 0.25) is 0 Å². The first kappa shape index (κ1) is 12.1. The molecule has 2 heterocycles. The SMILES string of the molecule is CC(O)(c1cncc(F)c1)c1cccc2c1OCC2. The number of para-hydroxylation sites is 1. The number of aromatic nitrogens is 1. The van der Waals surface area contributed by atoms with E-state index in [1.807, 2.05) is 12.1 Å². The summed E-state index contributed by atoms with van der Waals surface area (Å²) in [6.45, 7) is 2.24. The molecule has 3 nitrogen and oxygen atoms in total. The molecule has 1 N–H and O–H groups in total. The van der Waals surface area contributed by atoms with Crippen molar-refractivity contribution >= 4 is 0 Å². The van der Waals surface area contributed by atoms with Crippen LogP contribution in [0, 0.1) is 5.82 Å². The average Bonchev–Trinajstić information content (AvgIpc) is 2.86. The predicted molar refractivity (Wildman–Crippen MR) is 68.5 cm³/mol. The number of ether oxygens (including phenoxy) is 1. The molecule has 0 amide bonds. The van der Waals surface area contributed by atoms with Gasteiger partial charge in [-0.2, -0.15) is 0 Å². The molecule has 1 unspecified atom stereocenters. The molecule has 1 aliphatic heterocycles. The fraction of sp³-hybridized carbons (Fsp3) is 0.267. The van der Waals surface area contributed by atoms with E-state index in [4.69, 9.17) is 4.74 Å². The second kappa shape index (κ2) is 4.31. The molecule has 1 aromatic carbocycles. The number of hydrogen-bond donors (Lipinski definition) is 1. The van der Waals surface area contributed by atoms with E-state index in [1.54, 1.807) is 13.0 Å². The van der Waals surface area contributed by atoms with Crippen molar-refractivity contribution in [2.75, 3.05) is 6.61 Å². The Morgan fingerprint density at radius 2 is 2.21 bits per heavy atom. The molecule has 0 saturated heterocycles. The van der Waals surface area contributed by atoms with Gasteiger partial charge in [-0.15, -0.1) is 0 Å². The summed E-state index contributed by atoms with van der Waals surface area (Å²) in [5.74, 6) is 0.239. The Kier molecular flexibility index (Phi) is 2.75. The lowest BCUT2D eigenvalue weighted by molar-refractivity contribution is 0.0980. The third kappa shape index (κ3) is 1.98. The largest absolute Gasteiger partial charge is 0.493 e. The third-order valence-corrected chi connectivity index (χ3v) is 3.51. The summed E-state index contributed by atoms with van der Waals surface area (Å²) in [7, 11) is 0. The van der Waals surface area contributed by atoms with Crippen molar-refractivity contribution in [1.29, 1.82) is 0 Å². The minimum atomic E-state index is -1.33. The molecular formula is C15H14FNO2. The van der Waals surface area contributed by atoms with Crippen LogP contribution in [-0.4, -0.2) is 16.7 Å². The van der Waals surface area contributed by atoms with Gasteiger partial charge in [0.1, 0.15) is 17.2 Å². The smallest absolute Gasteiger partial charge is 0.141 e. The fourth-order valence-corrected chi connectivity index (χ4v) is 2.43. The summed E-state index contributed by atoms with van der Waals surface area (Å²) in [5.41, 5.74) is 0.804. The lowest BCUT2D eigenvalue weighted by Gasteiger charge is -2.26.